The monoisotopic (exact) mass is 388 g/mol. The highest BCUT2D eigenvalue weighted by Crippen LogP contribution is 2.48. The minimum atomic E-state index is -0.323. The van der Waals surface area contributed by atoms with E-state index in [9.17, 15) is 5.11 Å². The van der Waals surface area contributed by atoms with E-state index < -0.39 is 0 Å². The van der Waals surface area contributed by atoms with Crippen molar-refractivity contribution in [3.05, 3.63) is 79.1 Å². The number of benzene rings is 2. The minimum Gasteiger partial charge on any atom is -0.508 e. The molecule has 0 aromatic heterocycles. The first-order chi connectivity index (χ1) is 14.0. The molecule has 1 unspecified atom stereocenters. The standard InChI is InChI=1S/C26H32N2O/c1-4-26(22-15-16-22,27-19(2)28(3)24-12-5-6-13-24)23-11-7-9-20(17-23)21-10-8-14-25(29)18-21/h4,7-11,14,17-18,22,24,27,29H,1-2,5-6,12-13,15-16H2,3H3. The summed E-state index contributed by atoms with van der Waals surface area (Å²) in [7, 11) is 2.16. The molecule has 2 aromatic rings. The second-order valence-corrected chi connectivity index (χ2v) is 8.60. The third-order valence-corrected chi connectivity index (χ3v) is 6.71. The van der Waals surface area contributed by atoms with Gasteiger partial charge in [-0.25, -0.2) is 0 Å². The Hall–Kier alpha value is -2.68. The van der Waals surface area contributed by atoms with Crippen molar-refractivity contribution in [1.82, 2.24) is 10.2 Å². The topological polar surface area (TPSA) is 35.5 Å². The molecule has 2 aliphatic rings. The molecule has 0 amide bonds. The Bertz CT molecular complexity index is 895. The first-order valence-corrected chi connectivity index (χ1v) is 10.8. The summed E-state index contributed by atoms with van der Waals surface area (Å²) in [4.78, 5) is 2.33. The van der Waals surface area contributed by atoms with Crippen LogP contribution in [0, 0.1) is 5.92 Å². The summed E-state index contributed by atoms with van der Waals surface area (Å²) in [5, 5.41) is 13.7. The molecule has 2 aliphatic carbocycles. The Morgan fingerprint density at radius 3 is 2.34 bits per heavy atom. The zero-order valence-corrected chi connectivity index (χ0v) is 17.4. The van der Waals surface area contributed by atoms with Crippen LogP contribution in [-0.2, 0) is 5.54 Å². The van der Waals surface area contributed by atoms with E-state index in [0.717, 1.165) is 16.9 Å². The van der Waals surface area contributed by atoms with E-state index in [4.69, 9.17) is 0 Å². The molecule has 29 heavy (non-hydrogen) atoms. The molecule has 152 valence electrons. The summed E-state index contributed by atoms with van der Waals surface area (Å²) >= 11 is 0. The maximum absolute atomic E-state index is 9.89. The minimum absolute atomic E-state index is 0.287. The van der Waals surface area contributed by atoms with Gasteiger partial charge < -0.3 is 15.3 Å². The molecule has 0 radical (unpaired) electrons. The van der Waals surface area contributed by atoms with Crippen molar-refractivity contribution < 1.29 is 5.11 Å². The highest BCUT2D eigenvalue weighted by Gasteiger charge is 2.45. The lowest BCUT2D eigenvalue weighted by Gasteiger charge is -2.39. The molecular weight excluding hydrogens is 356 g/mol. The van der Waals surface area contributed by atoms with E-state index in [-0.39, 0.29) is 11.3 Å². The summed E-state index contributed by atoms with van der Waals surface area (Å²) in [6, 6.07) is 16.6. The lowest BCUT2D eigenvalue weighted by molar-refractivity contribution is 0.255. The van der Waals surface area contributed by atoms with Gasteiger partial charge in [0.15, 0.2) is 0 Å². The van der Waals surface area contributed by atoms with E-state index in [0.29, 0.717) is 12.0 Å². The van der Waals surface area contributed by atoms with Gasteiger partial charge in [-0.2, -0.15) is 0 Å². The summed E-state index contributed by atoms with van der Waals surface area (Å²) in [5.41, 5.74) is 3.00. The number of rotatable bonds is 8. The van der Waals surface area contributed by atoms with Crippen molar-refractivity contribution >= 4 is 0 Å². The van der Waals surface area contributed by atoms with Crippen LogP contribution in [0.25, 0.3) is 11.1 Å². The van der Waals surface area contributed by atoms with Crippen molar-refractivity contribution in [2.75, 3.05) is 7.05 Å². The molecule has 0 heterocycles. The van der Waals surface area contributed by atoms with E-state index in [1.54, 1.807) is 6.07 Å². The van der Waals surface area contributed by atoms with Crippen molar-refractivity contribution in [3.8, 4) is 16.9 Å². The van der Waals surface area contributed by atoms with Crippen molar-refractivity contribution in [3.63, 3.8) is 0 Å². The second-order valence-electron chi connectivity index (χ2n) is 8.60. The second kappa shape index (κ2) is 7.98. The molecule has 4 rings (SSSR count). The van der Waals surface area contributed by atoms with Crippen LogP contribution >= 0.6 is 0 Å². The zero-order chi connectivity index (χ0) is 20.4. The van der Waals surface area contributed by atoms with Crippen LogP contribution in [0.15, 0.2) is 73.6 Å². The predicted molar refractivity (Wildman–Crippen MR) is 120 cm³/mol. The predicted octanol–water partition coefficient (Wildman–Crippen LogP) is 5.79. The van der Waals surface area contributed by atoms with Gasteiger partial charge in [-0.15, -0.1) is 6.58 Å². The van der Waals surface area contributed by atoms with E-state index in [2.05, 4.69) is 60.8 Å². The number of phenols is 1. The fraction of sp³-hybridized carbons (Fsp3) is 0.385. The largest absolute Gasteiger partial charge is 0.508 e. The van der Waals surface area contributed by atoms with Crippen LogP contribution in [0.4, 0.5) is 0 Å². The van der Waals surface area contributed by atoms with Crippen LogP contribution in [0.3, 0.4) is 0 Å². The first kappa shape index (κ1) is 19.6. The number of hydrogen-bond acceptors (Lipinski definition) is 3. The Morgan fingerprint density at radius 2 is 1.72 bits per heavy atom. The van der Waals surface area contributed by atoms with Gasteiger partial charge >= 0.3 is 0 Å². The Morgan fingerprint density at radius 1 is 1.07 bits per heavy atom. The normalized spacial score (nSPS) is 18.8. The average molecular weight is 389 g/mol. The molecule has 0 saturated heterocycles. The van der Waals surface area contributed by atoms with E-state index in [1.165, 1.54) is 44.1 Å². The number of nitrogens with zero attached hydrogens (tertiary/aromatic N) is 1. The quantitative estimate of drug-likeness (QED) is 0.562. The molecule has 1 atom stereocenters. The third kappa shape index (κ3) is 3.91. The van der Waals surface area contributed by atoms with Crippen molar-refractivity contribution in [2.24, 2.45) is 5.92 Å². The van der Waals surface area contributed by atoms with Gasteiger partial charge in [0.25, 0.3) is 0 Å². The highest BCUT2D eigenvalue weighted by atomic mass is 16.3. The maximum Gasteiger partial charge on any atom is 0.116 e. The number of hydrogen-bond donors (Lipinski definition) is 2. The molecule has 0 bridgehead atoms. The molecule has 0 spiro atoms. The zero-order valence-electron chi connectivity index (χ0n) is 17.4. The third-order valence-electron chi connectivity index (χ3n) is 6.71. The summed E-state index contributed by atoms with van der Waals surface area (Å²) in [5.74, 6) is 1.79. The number of nitrogens with one attached hydrogen (secondary N) is 1. The Kier molecular flexibility index (Phi) is 5.40. The van der Waals surface area contributed by atoms with Crippen LogP contribution in [0.5, 0.6) is 5.75 Å². The smallest absolute Gasteiger partial charge is 0.116 e. The molecule has 2 fully saturated rings. The molecule has 2 aromatic carbocycles. The summed E-state index contributed by atoms with van der Waals surface area (Å²) in [6.45, 7) is 8.63. The van der Waals surface area contributed by atoms with Crippen LogP contribution in [0.1, 0.15) is 44.1 Å². The average Bonchev–Trinajstić information content (AvgIpc) is 3.45. The van der Waals surface area contributed by atoms with Crippen molar-refractivity contribution in [2.45, 2.75) is 50.1 Å². The van der Waals surface area contributed by atoms with Crippen LogP contribution < -0.4 is 5.32 Å². The lowest BCUT2D eigenvalue weighted by atomic mass is 9.83. The fourth-order valence-corrected chi connectivity index (χ4v) is 4.76. The molecular formula is C26H32N2O. The molecule has 2 saturated carbocycles. The lowest BCUT2D eigenvalue weighted by Crippen LogP contribution is -2.47. The van der Waals surface area contributed by atoms with Gasteiger partial charge in [0.1, 0.15) is 5.75 Å². The number of aromatic hydroxyl groups is 1. The fourth-order valence-electron chi connectivity index (χ4n) is 4.76. The Balaban J connectivity index is 1.65. The van der Waals surface area contributed by atoms with Crippen molar-refractivity contribution in [1.29, 1.82) is 0 Å². The van der Waals surface area contributed by atoms with Crippen LogP contribution in [0.2, 0.25) is 0 Å². The maximum atomic E-state index is 9.89. The summed E-state index contributed by atoms with van der Waals surface area (Å²) < 4.78 is 0. The van der Waals surface area contributed by atoms with Gasteiger partial charge in [-0.3, -0.25) is 0 Å². The molecule has 3 nitrogen and oxygen atoms in total. The van der Waals surface area contributed by atoms with Gasteiger partial charge in [0.2, 0.25) is 0 Å². The Labute approximate surface area is 174 Å². The van der Waals surface area contributed by atoms with E-state index in [1.807, 2.05) is 18.2 Å². The highest BCUT2D eigenvalue weighted by molar-refractivity contribution is 5.66. The van der Waals surface area contributed by atoms with Gasteiger partial charge in [0, 0.05) is 13.1 Å². The van der Waals surface area contributed by atoms with Gasteiger partial charge in [-0.1, -0.05) is 55.8 Å². The number of phenolic OH excluding ortho intramolecular Hbond substituents is 1. The SMILES string of the molecule is C=CC(NC(=C)N(C)C1CCCC1)(c1cccc(-c2cccc(O)c2)c1)C1CC1. The molecule has 2 N–H and O–H groups in total. The molecule has 3 heteroatoms. The summed E-state index contributed by atoms with van der Waals surface area (Å²) in [6.07, 6.45) is 9.56. The first-order valence-electron chi connectivity index (χ1n) is 10.8. The molecule has 0 aliphatic heterocycles. The van der Waals surface area contributed by atoms with Gasteiger partial charge in [0.05, 0.1) is 11.4 Å². The van der Waals surface area contributed by atoms with Gasteiger partial charge in [-0.05, 0) is 66.5 Å². The van der Waals surface area contributed by atoms with Crippen LogP contribution in [-0.4, -0.2) is 23.1 Å². The van der Waals surface area contributed by atoms with E-state index >= 15 is 0 Å².